The standard InChI is InChI=1S/C8H15NS2/c1-4-7-11-8(10)9(5-2)6-3/h4,7H,5-6H2,1-3H3. The van der Waals surface area contributed by atoms with E-state index in [1.165, 1.54) is 0 Å². The van der Waals surface area contributed by atoms with Crippen LogP contribution in [-0.4, -0.2) is 22.3 Å². The third-order valence-corrected chi connectivity index (χ3v) is 2.74. The van der Waals surface area contributed by atoms with E-state index in [0.717, 1.165) is 17.4 Å². The van der Waals surface area contributed by atoms with Gasteiger partial charge in [0.25, 0.3) is 0 Å². The Labute approximate surface area is 78.8 Å². The molecule has 0 amide bonds. The topological polar surface area (TPSA) is 3.24 Å². The molecule has 0 spiro atoms. The zero-order valence-electron chi connectivity index (χ0n) is 7.33. The van der Waals surface area contributed by atoms with E-state index in [0.29, 0.717) is 0 Å². The molecule has 0 aromatic heterocycles. The van der Waals surface area contributed by atoms with Crippen LogP contribution in [-0.2, 0) is 0 Å². The highest BCUT2D eigenvalue weighted by Gasteiger charge is 2.02. The minimum Gasteiger partial charge on any atom is -0.358 e. The van der Waals surface area contributed by atoms with E-state index in [1.807, 2.05) is 18.4 Å². The molecule has 0 heterocycles. The van der Waals surface area contributed by atoms with Gasteiger partial charge < -0.3 is 4.90 Å². The fraction of sp³-hybridized carbons (Fsp3) is 0.625. The average molecular weight is 189 g/mol. The number of rotatable bonds is 3. The first-order chi connectivity index (χ1) is 5.26. The van der Waals surface area contributed by atoms with Crippen LogP contribution in [0.5, 0.6) is 0 Å². The third kappa shape index (κ3) is 4.43. The maximum absolute atomic E-state index is 5.18. The lowest BCUT2D eigenvalue weighted by Gasteiger charge is -2.19. The fourth-order valence-corrected chi connectivity index (χ4v) is 1.77. The number of thiocarbonyl (C=S) groups is 1. The number of allylic oxidation sites excluding steroid dienone is 1. The number of hydrogen-bond donors (Lipinski definition) is 0. The zero-order chi connectivity index (χ0) is 8.69. The zero-order valence-corrected chi connectivity index (χ0v) is 8.97. The van der Waals surface area contributed by atoms with E-state index in [-0.39, 0.29) is 0 Å². The maximum Gasteiger partial charge on any atom is 0.140 e. The lowest BCUT2D eigenvalue weighted by atomic mass is 10.6. The molecule has 0 aromatic rings. The molecule has 0 radical (unpaired) electrons. The summed E-state index contributed by atoms with van der Waals surface area (Å²) in [6.07, 6.45) is 2.00. The van der Waals surface area contributed by atoms with E-state index in [9.17, 15) is 0 Å². The highest BCUT2D eigenvalue weighted by molar-refractivity contribution is 8.24. The van der Waals surface area contributed by atoms with Crippen molar-refractivity contribution in [1.29, 1.82) is 0 Å². The number of nitrogens with zero attached hydrogens (tertiary/aromatic N) is 1. The van der Waals surface area contributed by atoms with Crippen LogP contribution in [0.25, 0.3) is 0 Å². The summed E-state index contributed by atoms with van der Waals surface area (Å²) in [5.41, 5.74) is 0. The molecule has 0 aliphatic rings. The van der Waals surface area contributed by atoms with Gasteiger partial charge in [-0.1, -0.05) is 30.1 Å². The van der Waals surface area contributed by atoms with Crippen molar-refractivity contribution in [1.82, 2.24) is 4.90 Å². The van der Waals surface area contributed by atoms with Crippen molar-refractivity contribution in [3.8, 4) is 0 Å². The molecule has 0 atom stereocenters. The Balaban J connectivity index is 3.79. The Hall–Kier alpha value is -0.0200. The molecule has 0 aromatic carbocycles. The smallest absolute Gasteiger partial charge is 0.140 e. The van der Waals surface area contributed by atoms with Gasteiger partial charge in [-0.3, -0.25) is 0 Å². The van der Waals surface area contributed by atoms with Crippen LogP contribution in [0.3, 0.4) is 0 Å². The van der Waals surface area contributed by atoms with Gasteiger partial charge in [0, 0.05) is 13.1 Å². The first-order valence-corrected chi connectivity index (χ1v) is 5.11. The molecule has 0 aliphatic heterocycles. The SMILES string of the molecule is CC=CSC(=S)N(CC)CC. The van der Waals surface area contributed by atoms with Gasteiger partial charge in [-0.2, -0.15) is 0 Å². The Kier molecular flexibility index (Phi) is 6.66. The molecular weight excluding hydrogens is 174 g/mol. The largest absolute Gasteiger partial charge is 0.358 e. The van der Waals surface area contributed by atoms with Gasteiger partial charge in [0.2, 0.25) is 0 Å². The molecule has 0 rings (SSSR count). The second-order valence-electron chi connectivity index (χ2n) is 2.03. The highest BCUT2D eigenvalue weighted by atomic mass is 32.2. The van der Waals surface area contributed by atoms with E-state index in [2.05, 4.69) is 18.7 Å². The molecule has 0 aliphatic carbocycles. The lowest BCUT2D eigenvalue weighted by molar-refractivity contribution is 0.482. The van der Waals surface area contributed by atoms with Crippen molar-refractivity contribution in [2.24, 2.45) is 0 Å². The van der Waals surface area contributed by atoms with Gasteiger partial charge >= 0.3 is 0 Å². The Morgan fingerprint density at radius 3 is 2.36 bits per heavy atom. The summed E-state index contributed by atoms with van der Waals surface area (Å²) in [6, 6.07) is 0. The van der Waals surface area contributed by atoms with Gasteiger partial charge in [-0.05, 0) is 26.2 Å². The third-order valence-electron chi connectivity index (χ3n) is 1.33. The minimum atomic E-state index is 0.966. The predicted octanol–water partition coefficient (Wildman–Crippen LogP) is 2.88. The summed E-state index contributed by atoms with van der Waals surface area (Å²) in [7, 11) is 0. The Morgan fingerprint density at radius 2 is 2.00 bits per heavy atom. The van der Waals surface area contributed by atoms with Crippen LogP contribution in [0.4, 0.5) is 0 Å². The van der Waals surface area contributed by atoms with Gasteiger partial charge in [-0.15, -0.1) is 0 Å². The normalized spacial score (nSPS) is 10.5. The van der Waals surface area contributed by atoms with E-state index < -0.39 is 0 Å². The molecular formula is C8H15NS2. The van der Waals surface area contributed by atoms with Gasteiger partial charge in [0.15, 0.2) is 0 Å². The fourth-order valence-electron chi connectivity index (χ4n) is 0.683. The summed E-state index contributed by atoms with van der Waals surface area (Å²) < 4.78 is 0.966. The Morgan fingerprint density at radius 1 is 1.45 bits per heavy atom. The van der Waals surface area contributed by atoms with E-state index >= 15 is 0 Å². The number of thioether (sulfide) groups is 1. The number of hydrogen-bond acceptors (Lipinski definition) is 2. The second-order valence-corrected chi connectivity index (χ2v) is 3.57. The van der Waals surface area contributed by atoms with Crippen molar-refractivity contribution >= 4 is 28.3 Å². The van der Waals surface area contributed by atoms with E-state index in [1.54, 1.807) is 11.8 Å². The molecule has 1 nitrogen and oxygen atoms in total. The summed E-state index contributed by atoms with van der Waals surface area (Å²) in [4.78, 5) is 2.17. The molecule has 64 valence electrons. The summed E-state index contributed by atoms with van der Waals surface area (Å²) >= 11 is 6.79. The van der Waals surface area contributed by atoms with Crippen molar-refractivity contribution in [2.45, 2.75) is 20.8 Å². The quantitative estimate of drug-likeness (QED) is 0.629. The van der Waals surface area contributed by atoms with E-state index in [4.69, 9.17) is 12.2 Å². The monoisotopic (exact) mass is 189 g/mol. The minimum absolute atomic E-state index is 0.966. The van der Waals surface area contributed by atoms with Crippen molar-refractivity contribution < 1.29 is 0 Å². The second kappa shape index (κ2) is 6.68. The molecule has 11 heavy (non-hydrogen) atoms. The summed E-state index contributed by atoms with van der Waals surface area (Å²) in [5.74, 6) is 0. The van der Waals surface area contributed by atoms with Gasteiger partial charge in [-0.25, -0.2) is 0 Å². The molecule has 0 saturated heterocycles. The predicted molar refractivity (Wildman–Crippen MR) is 57.9 cm³/mol. The van der Waals surface area contributed by atoms with Crippen LogP contribution >= 0.6 is 24.0 Å². The van der Waals surface area contributed by atoms with Crippen LogP contribution in [0, 0.1) is 0 Å². The van der Waals surface area contributed by atoms with Crippen LogP contribution in [0.15, 0.2) is 11.5 Å². The first kappa shape index (κ1) is 11.0. The summed E-state index contributed by atoms with van der Waals surface area (Å²) in [5, 5.41) is 2.01. The lowest BCUT2D eigenvalue weighted by Crippen LogP contribution is -2.26. The molecule has 3 heteroatoms. The van der Waals surface area contributed by atoms with Crippen LogP contribution in [0.2, 0.25) is 0 Å². The van der Waals surface area contributed by atoms with Gasteiger partial charge in [0.05, 0.1) is 0 Å². The Bertz CT molecular complexity index is 139. The average Bonchev–Trinajstić information content (AvgIpc) is 2.03. The van der Waals surface area contributed by atoms with Crippen LogP contribution < -0.4 is 0 Å². The molecule has 0 N–H and O–H groups in total. The van der Waals surface area contributed by atoms with Gasteiger partial charge in [0.1, 0.15) is 4.32 Å². The maximum atomic E-state index is 5.18. The van der Waals surface area contributed by atoms with Crippen molar-refractivity contribution in [3.05, 3.63) is 11.5 Å². The van der Waals surface area contributed by atoms with Crippen LogP contribution in [0.1, 0.15) is 20.8 Å². The molecule has 0 bridgehead atoms. The van der Waals surface area contributed by atoms with Crippen molar-refractivity contribution in [2.75, 3.05) is 13.1 Å². The molecule has 0 unspecified atom stereocenters. The first-order valence-electron chi connectivity index (χ1n) is 3.82. The summed E-state index contributed by atoms with van der Waals surface area (Å²) in [6.45, 7) is 8.23. The highest BCUT2D eigenvalue weighted by Crippen LogP contribution is 2.09. The van der Waals surface area contributed by atoms with Crippen molar-refractivity contribution in [3.63, 3.8) is 0 Å². The molecule has 0 fully saturated rings. The molecule has 0 saturated carbocycles.